The summed E-state index contributed by atoms with van der Waals surface area (Å²) < 4.78 is 12.9. The Labute approximate surface area is 229 Å². The summed E-state index contributed by atoms with van der Waals surface area (Å²) in [5, 5.41) is 0. The number of amides is 1. The number of fused-ring (bicyclic) bond motifs is 2. The Hall–Kier alpha value is -3.12. The molecule has 6 rings (SSSR count). The van der Waals surface area contributed by atoms with E-state index in [9.17, 15) is 9.59 Å². The molecule has 37 heavy (non-hydrogen) atoms. The van der Waals surface area contributed by atoms with Gasteiger partial charge >= 0.3 is 0 Å². The van der Waals surface area contributed by atoms with Crippen molar-refractivity contribution in [2.45, 2.75) is 6.54 Å². The Morgan fingerprint density at radius 3 is 2.62 bits per heavy atom. The molecule has 3 aliphatic heterocycles. The summed E-state index contributed by atoms with van der Waals surface area (Å²) in [7, 11) is 1.64. The molecular formula is C25H24ClN5O4S2. The predicted molar refractivity (Wildman–Crippen MR) is 150 cm³/mol. The normalized spacial score (nSPS) is 18.7. The Balaban J connectivity index is 0.00000280. The first-order valence-corrected chi connectivity index (χ1v) is 12.8. The lowest BCUT2D eigenvalue weighted by Gasteiger charge is -2.36. The molecule has 0 spiro atoms. The third kappa shape index (κ3) is 4.79. The molecule has 192 valence electrons. The quantitative estimate of drug-likeness (QED) is 0.355. The number of benzene rings is 1. The smallest absolute Gasteiger partial charge is 0.267 e. The first kappa shape index (κ1) is 25.5. The monoisotopic (exact) mass is 557 g/mol. The zero-order chi connectivity index (χ0) is 24.8. The van der Waals surface area contributed by atoms with Gasteiger partial charge in [0.25, 0.3) is 11.5 Å². The topological polar surface area (TPSA) is 79.6 Å². The van der Waals surface area contributed by atoms with Crippen molar-refractivity contribution >= 4 is 64.2 Å². The van der Waals surface area contributed by atoms with Gasteiger partial charge < -0.3 is 14.4 Å². The zero-order valence-electron chi connectivity index (χ0n) is 20.0. The van der Waals surface area contributed by atoms with Gasteiger partial charge in [-0.25, -0.2) is 4.98 Å². The van der Waals surface area contributed by atoms with E-state index in [0.717, 1.165) is 36.7 Å². The van der Waals surface area contributed by atoms with Crippen molar-refractivity contribution in [2.75, 3.05) is 44.9 Å². The highest BCUT2D eigenvalue weighted by Gasteiger charge is 2.30. The number of thiocarbonyl (C=S) groups is 1. The van der Waals surface area contributed by atoms with Crippen LogP contribution in [0.2, 0.25) is 0 Å². The van der Waals surface area contributed by atoms with E-state index in [1.807, 2.05) is 24.3 Å². The Bertz CT molecular complexity index is 1490. The van der Waals surface area contributed by atoms with Gasteiger partial charge in [-0.1, -0.05) is 36.1 Å². The van der Waals surface area contributed by atoms with E-state index >= 15 is 0 Å². The second-order valence-corrected chi connectivity index (χ2v) is 10.5. The molecule has 2 saturated heterocycles. The number of ether oxygens (including phenoxy) is 2. The van der Waals surface area contributed by atoms with E-state index in [0.29, 0.717) is 39.3 Å². The van der Waals surface area contributed by atoms with E-state index in [-0.39, 0.29) is 30.7 Å². The molecule has 2 aromatic heterocycles. The number of piperazine rings is 1. The number of pyridine rings is 1. The average molecular weight is 558 g/mol. The van der Waals surface area contributed by atoms with Crippen LogP contribution in [-0.4, -0.2) is 69.4 Å². The second-order valence-electron chi connectivity index (χ2n) is 8.77. The highest BCUT2D eigenvalue weighted by atomic mass is 35.5. The number of rotatable bonds is 4. The van der Waals surface area contributed by atoms with Crippen LogP contribution < -0.4 is 19.9 Å². The number of thioether (sulfide) groups is 1. The van der Waals surface area contributed by atoms with Crippen molar-refractivity contribution in [1.29, 1.82) is 0 Å². The van der Waals surface area contributed by atoms with E-state index in [1.165, 1.54) is 21.1 Å². The summed E-state index contributed by atoms with van der Waals surface area (Å²) in [4.78, 5) is 37.3. The van der Waals surface area contributed by atoms with Gasteiger partial charge in [0, 0.05) is 46.0 Å². The van der Waals surface area contributed by atoms with Crippen molar-refractivity contribution in [1.82, 2.24) is 19.2 Å². The lowest BCUT2D eigenvalue weighted by molar-refractivity contribution is -0.121. The summed E-state index contributed by atoms with van der Waals surface area (Å²) in [6, 6.07) is 11.5. The summed E-state index contributed by atoms with van der Waals surface area (Å²) in [5.41, 5.74) is 1.93. The van der Waals surface area contributed by atoms with Gasteiger partial charge in [0.05, 0.1) is 10.5 Å². The number of anilines is 1. The molecule has 1 aromatic carbocycles. The maximum atomic E-state index is 13.5. The van der Waals surface area contributed by atoms with Crippen molar-refractivity contribution < 1.29 is 14.3 Å². The molecule has 0 atom stereocenters. The number of likely N-dealkylation sites (N-methyl/N-ethyl adjacent to an activating group) is 1. The Morgan fingerprint density at radius 2 is 1.86 bits per heavy atom. The minimum atomic E-state index is -0.209. The van der Waals surface area contributed by atoms with Crippen LogP contribution in [0.25, 0.3) is 11.7 Å². The van der Waals surface area contributed by atoms with Gasteiger partial charge in [0.2, 0.25) is 6.79 Å². The number of carbonyl (C=O) groups is 1. The summed E-state index contributed by atoms with van der Waals surface area (Å²) >= 11 is 6.47. The van der Waals surface area contributed by atoms with Gasteiger partial charge in [0.1, 0.15) is 15.8 Å². The number of aromatic nitrogens is 2. The molecule has 0 saturated carbocycles. The highest BCUT2D eigenvalue weighted by molar-refractivity contribution is 8.26. The first-order valence-electron chi connectivity index (χ1n) is 11.6. The molecule has 9 nitrogen and oxygen atoms in total. The minimum absolute atomic E-state index is 0. The van der Waals surface area contributed by atoms with Crippen LogP contribution in [0.5, 0.6) is 11.5 Å². The molecule has 0 unspecified atom stereocenters. The highest BCUT2D eigenvalue weighted by Crippen LogP contribution is 2.34. The van der Waals surface area contributed by atoms with Crippen LogP contribution in [0.15, 0.2) is 52.3 Å². The standard InChI is InChI=1S/C25H23N5O4S2.ClH/c1-27-24(32)20(36-25(27)35)13-17-22(26-21-4-2-3-7-30(21)23(17)31)29-10-8-28(9-11-29)14-16-5-6-18-19(12-16)34-15-33-18;/h2-7,12-13H,8-11,14-15H2,1H3;1H/b20-13-;. The lowest BCUT2D eigenvalue weighted by Crippen LogP contribution is -2.47. The van der Waals surface area contributed by atoms with Crippen LogP contribution in [0.4, 0.5) is 5.82 Å². The van der Waals surface area contributed by atoms with Crippen molar-refractivity contribution in [3.8, 4) is 11.5 Å². The fourth-order valence-electron chi connectivity index (χ4n) is 4.55. The first-order chi connectivity index (χ1) is 17.5. The molecule has 0 radical (unpaired) electrons. The predicted octanol–water partition coefficient (Wildman–Crippen LogP) is 3.00. The number of hydrogen-bond donors (Lipinski definition) is 0. The number of nitrogens with zero attached hydrogens (tertiary/aromatic N) is 5. The molecule has 12 heteroatoms. The Morgan fingerprint density at radius 1 is 1.08 bits per heavy atom. The van der Waals surface area contributed by atoms with E-state index in [1.54, 1.807) is 25.4 Å². The van der Waals surface area contributed by atoms with Crippen LogP contribution in [0, 0.1) is 0 Å². The van der Waals surface area contributed by atoms with Gasteiger partial charge in [-0.15, -0.1) is 12.4 Å². The zero-order valence-corrected chi connectivity index (χ0v) is 22.4. The van der Waals surface area contributed by atoms with Crippen molar-refractivity contribution in [2.24, 2.45) is 0 Å². The molecule has 3 aliphatic rings. The minimum Gasteiger partial charge on any atom is -0.454 e. The molecule has 0 N–H and O–H groups in total. The fraction of sp³-hybridized carbons (Fsp3) is 0.280. The van der Waals surface area contributed by atoms with Crippen molar-refractivity contribution in [3.63, 3.8) is 0 Å². The average Bonchev–Trinajstić information content (AvgIpc) is 3.46. The van der Waals surface area contributed by atoms with Gasteiger partial charge in [-0.3, -0.25) is 23.8 Å². The molecule has 1 amide bonds. The SMILES string of the molecule is CN1C(=O)/C(=C/c2c(N3CCN(Cc4ccc5c(c4)OCO5)CC3)nc3ccccn3c2=O)SC1=S.Cl. The molecule has 0 bridgehead atoms. The summed E-state index contributed by atoms with van der Waals surface area (Å²) in [6.07, 6.45) is 3.34. The largest absolute Gasteiger partial charge is 0.454 e. The molecular weight excluding hydrogens is 534 g/mol. The maximum Gasteiger partial charge on any atom is 0.267 e. The van der Waals surface area contributed by atoms with Crippen LogP contribution >= 0.6 is 36.4 Å². The maximum absolute atomic E-state index is 13.5. The third-order valence-electron chi connectivity index (χ3n) is 6.53. The summed E-state index contributed by atoms with van der Waals surface area (Å²) in [6.45, 7) is 4.08. The van der Waals surface area contributed by atoms with Crippen LogP contribution in [-0.2, 0) is 11.3 Å². The van der Waals surface area contributed by atoms with E-state index in [4.69, 9.17) is 26.7 Å². The third-order valence-corrected chi connectivity index (χ3v) is 8.01. The van der Waals surface area contributed by atoms with E-state index in [2.05, 4.69) is 15.9 Å². The van der Waals surface area contributed by atoms with E-state index < -0.39 is 0 Å². The molecule has 0 aliphatic carbocycles. The van der Waals surface area contributed by atoms with Gasteiger partial charge in [-0.05, 0) is 35.9 Å². The van der Waals surface area contributed by atoms with Gasteiger partial charge in [-0.2, -0.15) is 0 Å². The van der Waals surface area contributed by atoms with Crippen molar-refractivity contribution in [3.05, 3.63) is 69.0 Å². The number of carbonyl (C=O) groups excluding carboxylic acids is 1. The fourth-order valence-corrected chi connectivity index (χ4v) is 5.71. The van der Waals surface area contributed by atoms with Crippen LogP contribution in [0.1, 0.15) is 11.1 Å². The number of hydrogen-bond acceptors (Lipinski definition) is 9. The lowest BCUT2D eigenvalue weighted by atomic mass is 10.1. The molecule has 3 aromatic rings. The molecule has 2 fully saturated rings. The van der Waals surface area contributed by atoms with Crippen LogP contribution in [0.3, 0.4) is 0 Å². The second kappa shape index (κ2) is 10.3. The molecule has 5 heterocycles. The number of halogens is 1. The summed E-state index contributed by atoms with van der Waals surface area (Å²) in [5.74, 6) is 1.95. The van der Waals surface area contributed by atoms with Gasteiger partial charge in [0.15, 0.2) is 11.5 Å². The Kier molecular flexibility index (Phi) is 7.13.